The van der Waals surface area contributed by atoms with Gasteiger partial charge in [0.1, 0.15) is 4.75 Å². The van der Waals surface area contributed by atoms with Crippen molar-refractivity contribution in [1.29, 1.82) is 0 Å². The molecule has 4 heteroatoms. The molecule has 100 valence electrons. The van der Waals surface area contributed by atoms with Crippen LogP contribution < -0.4 is 0 Å². The first kappa shape index (κ1) is 12.6. The van der Waals surface area contributed by atoms with Crippen LogP contribution in [-0.2, 0) is 10.1 Å². The summed E-state index contributed by atoms with van der Waals surface area (Å²) in [5.41, 5.74) is 2.75. The molecule has 3 nitrogen and oxygen atoms in total. The van der Waals surface area contributed by atoms with Gasteiger partial charge in [0.05, 0.1) is 0 Å². The third kappa shape index (κ3) is 1.63. The molecule has 0 spiro atoms. The molecule has 0 heterocycles. The molecular formula is C15H16O3S. The third-order valence-electron chi connectivity index (χ3n) is 4.35. The van der Waals surface area contributed by atoms with Gasteiger partial charge in [0.25, 0.3) is 10.1 Å². The zero-order valence-electron chi connectivity index (χ0n) is 10.9. The Hall–Kier alpha value is -1.39. The zero-order chi connectivity index (χ0) is 13.9. The second-order valence-corrected chi connectivity index (χ2v) is 7.45. The summed E-state index contributed by atoms with van der Waals surface area (Å²) in [6.07, 6.45) is 13.4. The van der Waals surface area contributed by atoms with Gasteiger partial charge in [-0.25, -0.2) is 0 Å². The minimum atomic E-state index is -4.18. The highest BCUT2D eigenvalue weighted by Gasteiger charge is 2.53. The van der Waals surface area contributed by atoms with Crippen LogP contribution in [-0.4, -0.2) is 17.7 Å². The lowest BCUT2D eigenvalue weighted by molar-refractivity contribution is 0.423. The fourth-order valence-electron chi connectivity index (χ4n) is 3.21. The average Bonchev–Trinajstić information content (AvgIpc) is 2.41. The largest absolute Gasteiger partial charge is 0.285 e. The topological polar surface area (TPSA) is 54.4 Å². The Balaban J connectivity index is 2.32. The monoisotopic (exact) mass is 276 g/mol. The van der Waals surface area contributed by atoms with Crippen molar-refractivity contribution in [2.45, 2.75) is 25.0 Å². The number of hydrogen-bond donors (Lipinski definition) is 1. The van der Waals surface area contributed by atoms with Crippen LogP contribution in [0.2, 0.25) is 0 Å². The first-order valence-electron chi connectivity index (χ1n) is 6.24. The van der Waals surface area contributed by atoms with Gasteiger partial charge in [0, 0.05) is 5.41 Å². The van der Waals surface area contributed by atoms with Crippen LogP contribution in [0.5, 0.6) is 0 Å². The van der Waals surface area contributed by atoms with E-state index in [0.29, 0.717) is 6.42 Å². The van der Waals surface area contributed by atoms with Crippen LogP contribution in [0.3, 0.4) is 0 Å². The molecule has 0 radical (unpaired) electrons. The van der Waals surface area contributed by atoms with E-state index in [1.165, 1.54) is 0 Å². The fourth-order valence-corrected chi connectivity index (χ4v) is 4.21. The van der Waals surface area contributed by atoms with Gasteiger partial charge in [0.2, 0.25) is 0 Å². The van der Waals surface area contributed by atoms with Gasteiger partial charge in [-0.3, -0.25) is 4.55 Å². The van der Waals surface area contributed by atoms with E-state index in [1.54, 1.807) is 18.2 Å². The van der Waals surface area contributed by atoms with Crippen LogP contribution in [0.15, 0.2) is 59.3 Å². The summed E-state index contributed by atoms with van der Waals surface area (Å²) in [5.74, 6) is 0. The molecule has 0 aliphatic heterocycles. The molecule has 0 fully saturated rings. The number of rotatable bonds is 1. The van der Waals surface area contributed by atoms with Crippen LogP contribution in [0, 0.1) is 5.41 Å². The van der Waals surface area contributed by atoms with Crippen molar-refractivity contribution in [2.75, 3.05) is 0 Å². The Labute approximate surface area is 113 Å². The van der Waals surface area contributed by atoms with E-state index in [-0.39, 0.29) is 5.41 Å². The minimum absolute atomic E-state index is 0.352. The molecule has 0 aromatic carbocycles. The van der Waals surface area contributed by atoms with Gasteiger partial charge in [-0.15, -0.1) is 0 Å². The fraction of sp³-hybridized carbons (Fsp3) is 0.333. The van der Waals surface area contributed by atoms with Gasteiger partial charge in [-0.05, 0) is 24.5 Å². The molecule has 3 rings (SSSR count). The van der Waals surface area contributed by atoms with E-state index in [9.17, 15) is 13.0 Å². The molecule has 1 N–H and O–H groups in total. The van der Waals surface area contributed by atoms with Gasteiger partial charge in [0.15, 0.2) is 0 Å². The highest BCUT2D eigenvalue weighted by atomic mass is 32.2. The predicted molar refractivity (Wildman–Crippen MR) is 75.2 cm³/mol. The van der Waals surface area contributed by atoms with Crippen molar-refractivity contribution in [2.24, 2.45) is 5.41 Å². The first-order chi connectivity index (χ1) is 8.77. The van der Waals surface area contributed by atoms with E-state index >= 15 is 0 Å². The lowest BCUT2D eigenvalue weighted by Crippen LogP contribution is -2.34. The summed E-state index contributed by atoms with van der Waals surface area (Å²) in [7, 11) is -4.18. The van der Waals surface area contributed by atoms with Crippen molar-refractivity contribution < 1.29 is 13.0 Å². The smallest absolute Gasteiger partial charge is 0.278 e. The summed E-state index contributed by atoms with van der Waals surface area (Å²) in [4.78, 5) is 0. The summed E-state index contributed by atoms with van der Waals surface area (Å²) >= 11 is 0. The molecule has 19 heavy (non-hydrogen) atoms. The maximum atomic E-state index is 11.8. The summed E-state index contributed by atoms with van der Waals surface area (Å²) in [5, 5.41) is 0. The van der Waals surface area contributed by atoms with Gasteiger partial charge >= 0.3 is 0 Å². The van der Waals surface area contributed by atoms with Crippen molar-refractivity contribution in [1.82, 2.24) is 0 Å². The van der Waals surface area contributed by atoms with Crippen molar-refractivity contribution in [3.8, 4) is 0 Å². The molecule has 0 saturated carbocycles. The summed E-state index contributed by atoms with van der Waals surface area (Å²) in [6, 6.07) is 0. The summed E-state index contributed by atoms with van der Waals surface area (Å²) < 4.78 is 32.0. The number of fused-ring (bicyclic) bond motifs is 1. The highest BCUT2D eigenvalue weighted by molar-refractivity contribution is 7.87. The highest BCUT2D eigenvalue weighted by Crippen LogP contribution is 2.55. The SMILES string of the molecule is CC1=CC2=CC3(S(=O)(=O)O)C=CC=C(C=C1)C2(C)C3. The Bertz CT molecular complexity index is 704. The molecule has 0 amide bonds. The minimum Gasteiger partial charge on any atom is -0.285 e. The molecular weight excluding hydrogens is 260 g/mol. The molecule has 0 aromatic rings. The number of allylic oxidation sites excluding steroid dienone is 8. The van der Waals surface area contributed by atoms with Crippen molar-refractivity contribution >= 4 is 10.1 Å². The first-order valence-corrected chi connectivity index (χ1v) is 7.68. The maximum Gasteiger partial charge on any atom is 0.278 e. The van der Waals surface area contributed by atoms with Crippen LogP contribution in [0.25, 0.3) is 0 Å². The molecule has 2 atom stereocenters. The van der Waals surface area contributed by atoms with Crippen LogP contribution in [0.1, 0.15) is 20.3 Å². The second kappa shape index (κ2) is 3.58. The molecule has 3 aliphatic rings. The molecule has 2 bridgehead atoms. The predicted octanol–water partition coefficient (Wildman–Crippen LogP) is 2.96. The van der Waals surface area contributed by atoms with E-state index in [1.807, 2.05) is 38.2 Å². The van der Waals surface area contributed by atoms with E-state index in [4.69, 9.17) is 0 Å². The normalized spacial score (nSPS) is 36.3. The van der Waals surface area contributed by atoms with Crippen LogP contribution in [0.4, 0.5) is 0 Å². The molecule has 2 unspecified atom stereocenters. The second-order valence-electron chi connectivity index (χ2n) is 5.74. The van der Waals surface area contributed by atoms with E-state index in [0.717, 1.165) is 16.7 Å². The Morgan fingerprint density at radius 1 is 1.26 bits per heavy atom. The molecule has 0 saturated heterocycles. The van der Waals surface area contributed by atoms with Crippen LogP contribution >= 0.6 is 0 Å². The Kier molecular flexibility index (Phi) is 2.38. The molecule has 3 aliphatic carbocycles. The Morgan fingerprint density at radius 2 is 2.00 bits per heavy atom. The maximum absolute atomic E-state index is 11.8. The number of hydrogen-bond acceptors (Lipinski definition) is 2. The van der Waals surface area contributed by atoms with Gasteiger partial charge < -0.3 is 0 Å². The van der Waals surface area contributed by atoms with E-state index < -0.39 is 14.9 Å². The lowest BCUT2D eigenvalue weighted by Gasteiger charge is -2.29. The van der Waals surface area contributed by atoms with Gasteiger partial charge in [-0.1, -0.05) is 55.0 Å². The Morgan fingerprint density at radius 3 is 2.68 bits per heavy atom. The van der Waals surface area contributed by atoms with E-state index in [2.05, 4.69) is 0 Å². The third-order valence-corrected chi connectivity index (χ3v) is 5.71. The zero-order valence-corrected chi connectivity index (χ0v) is 11.7. The molecule has 0 aromatic heterocycles. The standard InChI is InChI=1S/C15H16O3S/c1-11-5-6-12-4-3-7-15(19(16,17)18)9-13(8-11)14(12,2)10-15/h3-9H,10H2,1-2H3,(H,16,17,18). The van der Waals surface area contributed by atoms with Crippen molar-refractivity contribution in [3.63, 3.8) is 0 Å². The van der Waals surface area contributed by atoms with Gasteiger partial charge in [-0.2, -0.15) is 8.42 Å². The quantitative estimate of drug-likeness (QED) is 0.749. The average molecular weight is 276 g/mol. The lowest BCUT2D eigenvalue weighted by atomic mass is 9.76. The van der Waals surface area contributed by atoms with Crippen molar-refractivity contribution in [3.05, 3.63) is 59.3 Å². The summed E-state index contributed by atoms with van der Waals surface area (Å²) in [6.45, 7) is 4.02.